The highest BCUT2D eigenvalue weighted by atomic mass is 32.1. The van der Waals surface area contributed by atoms with Gasteiger partial charge in [-0.1, -0.05) is 60.7 Å². The summed E-state index contributed by atoms with van der Waals surface area (Å²) in [4.78, 5) is 30.8. The summed E-state index contributed by atoms with van der Waals surface area (Å²) in [5.41, 5.74) is 1.50. The lowest BCUT2D eigenvalue weighted by Crippen LogP contribution is -2.57. The number of hydrogen-bond acceptors (Lipinski definition) is 5. The molecule has 0 aliphatic heterocycles. The number of amides is 1. The Kier molecular flexibility index (Phi) is 4.66. The molecule has 3 aliphatic rings. The quantitative estimate of drug-likeness (QED) is 0.285. The van der Waals surface area contributed by atoms with Crippen molar-refractivity contribution in [3.05, 3.63) is 116 Å². The Morgan fingerprint density at radius 3 is 2.37 bits per heavy atom. The molecule has 0 saturated heterocycles. The molecule has 1 amide bonds. The van der Waals surface area contributed by atoms with E-state index in [9.17, 15) is 19.3 Å². The molecule has 8 heteroatoms. The molecule has 4 aromatic rings. The Morgan fingerprint density at radius 2 is 1.74 bits per heavy atom. The third-order valence-corrected chi connectivity index (χ3v) is 8.13. The van der Waals surface area contributed by atoms with E-state index in [0.29, 0.717) is 27.5 Å². The SMILES string of the molecule is CC1(C(=O)Nc2nc(-c3cccc(F)c3)cs2)CC2([N+](=O)[O-])c3ccccc3C1c1ccccc12. The Bertz CT molecular complexity index is 1470. The van der Waals surface area contributed by atoms with E-state index in [1.807, 2.05) is 48.5 Å². The van der Waals surface area contributed by atoms with E-state index in [2.05, 4.69) is 10.3 Å². The predicted octanol–water partition coefficient (Wildman–Crippen LogP) is 5.96. The largest absolute Gasteiger partial charge is 0.301 e. The number of fused-ring (bicyclic) bond motifs is 1. The van der Waals surface area contributed by atoms with Gasteiger partial charge in [0.15, 0.2) is 5.13 Å². The number of nitrogens with zero attached hydrogens (tertiary/aromatic N) is 2. The Morgan fingerprint density at radius 1 is 1.09 bits per heavy atom. The fourth-order valence-corrected chi connectivity index (χ4v) is 6.61. The zero-order valence-corrected chi connectivity index (χ0v) is 19.5. The number of benzene rings is 3. The van der Waals surface area contributed by atoms with Crippen molar-refractivity contribution in [1.82, 2.24) is 4.98 Å². The van der Waals surface area contributed by atoms with Crippen molar-refractivity contribution >= 4 is 22.4 Å². The molecule has 7 rings (SSSR count). The molecular weight excluding hydrogens is 465 g/mol. The summed E-state index contributed by atoms with van der Waals surface area (Å²) in [7, 11) is 0. The van der Waals surface area contributed by atoms with Crippen molar-refractivity contribution in [2.45, 2.75) is 24.8 Å². The van der Waals surface area contributed by atoms with Crippen LogP contribution in [0.3, 0.4) is 0 Å². The molecule has 0 saturated carbocycles. The minimum Gasteiger partial charge on any atom is -0.301 e. The number of carbonyl (C=O) groups excluding carboxylic acids is 1. The van der Waals surface area contributed by atoms with Gasteiger partial charge in [0.25, 0.3) is 5.54 Å². The second-order valence-corrected chi connectivity index (χ2v) is 10.2. The fraction of sp³-hybridized carbons (Fsp3) is 0.185. The van der Waals surface area contributed by atoms with E-state index in [1.54, 1.807) is 24.4 Å². The molecule has 1 heterocycles. The van der Waals surface area contributed by atoms with Crippen LogP contribution in [0.15, 0.2) is 78.2 Å². The number of aromatic nitrogens is 1. The summed E-state index contributed by atoms with van der Waals surface area (Å²) < 4.78 is 13.6. The second kappa shape index (κ2) is 7.55. The summed E-state index contributed by atoms with van der Waals surface area (Å²) in [5.74, 6) is -1.02. The molecule has 1 N–H and O–H groups in total. The normalized spacial score (nSPS) is 23.9. The third kappa shape index (κ3) is 2.99. The fourth-order valence-electron chi connectivity index (χ4n) is 5.90. The van der Waals surface area contributed by atoms with Gasteiger partial charge in [0.05, 0.1) is 11.1 Å². The highest BCUT2D eigenvalue weighted by molar-refractivity contribution is 7.14. The standard InChI is InChI=1S/C27H20FN3O3S/c1-26(24(32)30-25-29-22(14-35-25)16-7-6-8-17(28)13-16)15-27(31(33)34)20-11-4-2-9-18(20)23(26)19-10-3-5-12-21(19)27/h2-14,23H,15H2,1H3,(H,29,30,32). The van der Waals surface area contributed by atoms with Gasteiger partial charge in [-0.25, -0.2) is 9.37 Å². The van der Waals surface area contributed by atoms with Gasteiger partial charge < -0.3 is 5.32 Å². The molecule has 0 radical (unpaired) electrons. The molecule has 1 unspecified atom stereocenters. The Balaban J connectivity index is 1.43. The first-order chi connectivity index (χ1) is 16.8. The number of hydrogen-bond donors (Lipinski definition) is 1. The summed E-state index contributed by atoms with van der Waals surface area (Å²) in [5, 5.41) is 17.8. The highest BCUT2D eigenvalue weighted by Gasteiger charge is 2.67. The Labute approximate surface area is 204 Å². The molecule has 6 nitrogen and oxygen atoms in total. The number of anilines is 1. The third-order valence-electron chi connectivity index (χ3n) is 7.37. The van der Waals surface area contributed by atoms with Gasteiger partial charge in [0, 0.05) is 39.3 Å². The van der Waals surface area contributed by atoms with Gasteiger partial charge >= 0.3 is 0 Å². The number of thiazole rings is 1. The van der Waals surface area contributed by atoms with Gasteiger partial charge in [-0.2, -0.15) is 0 Å². The second-order valence-electron chi connectivity index (χ2n) is 9.32. The molecule has 2 bridgehead atoms. The number of nitro groups is 1. The monoisotopic (exact) mass is 485 g/mol. The minimum absolute atomic E-state index is 0.0413. The van der Waals surface area contributed by atoms with Crippen molar-refractivity contribution in [2.75, 3.05) is 5.32 Å². The van der Waals surface area contributed by atoms with Crippen molar-refractivity contribution in [3.8, 4) is 11.3 Å². The summed E-state index contributed by atoms with van der Waals surface area (Å²) in [6.45, 7) is 1.80. The maximum atomic E-state index is 13.8. The van der Waals surface area contributed by atoms with E-state index < -0.39 is 11.0 Å². The van der Waals surface area contributed by atoms with Crippen LogP contribution in [0.25, 0.3) is 11.3 Å². The van der Waals surface area contributed by atoms with Gasteiger partial charge in [-0.05, 0) is 30.2 Å². The lowest BCUT2D eigenvalue weighted by Gasteiger charge is -2.52. The van der Waals surface area contributed by atoms with Crippen LogP contribution in [-0.2, 0) is 10.3 Å². The predicted molar refractivity (Wildman–Crippen MR) is 131 cm³/mol. The molecule has 3 aromatic carbocycles. The summed E-state index contributed by atoms with van der Waals surface area (Å²) >= 11 is 1.24. The zero-order chi connectivity index (χ0) is 24.4. The first-order valence-electron chi connectivity index (χ1n) is 11.2. The maximum Gasteiger partial charge on any atom is 0.273 e. The van der Waals surface area contributed by atoms with E-state index in [1.165, 1.54) is 23.5 Å². The van der Waals surface area contributed by atoms with E-state index >= 15 is 0 Å². The molecule has 1 atom stereocenters. The number of halogens is 1. The van der Waals surface area contributed by atoms with Crippen LogP contribution in [0.4, 0.5) is 9.52 Å². The first-order valence-corrected chi connectivity index (χ1v) is 12.1. The van der Waals surface area contributed by atoms with Crippen LogP contribution in [0, 0.1) is 21.3 Å². The minimum atomic E-state index is -1.51. The van der Waals surface area contributed by atoms with E-state index in [0.717, 1.165) is 11.1 Å². The van der Waals surface area contributed by atoms with Gasteiger partial charge in [-0.15, -0.1) is 11.3 Å². The van der Waals surface area contributed by atoms with Crippen molar-refractivity contribution in [1.29, 1.82) is 0 Å². The van der Waals surface area contributed by atoms with Crippen LogP contribution in [0.2, 0.25) is 0 Å². The van der Waals surface area contributed by atoms with Crippen LogP contribution < -0.4 is 5.32 Å². The van der Waals surface area contributed by atoms with Gasteiger partial charge in [0.2, 0.25) is 5.91 Å². The highest BCUT2D eigenvalue weighted by Crippen LogP contribution is 2.64. The lowest BCUT2D eigenvalue weighted by atomic mass is 9.49. The zero-order valence-electron chi connectivity index (χ0n) is 18.7. The molecule has 174 valence electrons. The topological polar surface area (TPSA) is 85.1 Å². The van der Waals surface area contributed by atoms with Crippen LogP contribution in [0.5, 0.6) is 0 Å². The molecular formula is C27H20FN3O3S. The average molecular weight is 486 g/mol. The molecule has 1 aromatic heterocycles. The van der Waals surface area contributed by atoms with E-state index in [4.69, 9.17) is 0 Å². The summed E-state index contributed by atoms with van der Waals surface area (Å²) in [6.07, 6.45) is 0.0413. The molecule has 3 aliphatic carbocycles. The van der Waals surface area contributed by atoms with Gasteiger partial charge in [0.1, 0.15) is 5.82 Å². The maximum absolute atomic E-state index is 13.8. The Hall–Kier alpha value is -3.91. The van der Waals surface area contributed by atoms with Gasteiger partial charge in [-0.3, -0.25) is 14.9 Å². The van der Waals surface area contributed by atoms with Crippen molar-refractivity contribution in [2.24, 2.45) is 5.41 Å². The molecule has 0 fully saturated rings. The number of carbonyl (C=O) groups is 1. The lowest BCUT2D eigenvalue weighted by molar-refractivity contribution is -0.573. The average Bonchev–Trinajstić information content (AvgIpc) is 3.32. The van der Waals surface area contributed by atoms with Crippen LogP contribution in [-0.4, -0.2) is 15.8 Å². The number of nitrogens with one attached hydrogen (secondary N) is 1. The van der Waals surface area contributed by atoms with E-state index in [-0.39, 0.29) is 29.0 Å². The van der Waals surface area contributed by atoms with Crippen LogP contribution in [0.1, 0.15) is 41.5 Å². The smallest absolute Gasteiger partial charge is 0.273 e. The molecule has 0 spiro atoms. The summed E-state index contributed by atoms with van der Waals surface area (Å²) in [6, 6.07) is 20.9. The number of rotatable bonds is 4. The van der Waals surface area contributed by atoms with Crippen molar-refractivity contribution < 1.29 is 14.1 Å². The van der Waals surface area contributed by atoms with Crippen LogP contribution >= 0.6 is 11.3 Å². The first kappa shape index (κ1) is 21.6. The molecule has 35 heavy (non-hydrogen) atoms. The van der Waals surface area contributed by atoms with Crippen molar-refractivity contribution in [3.63, 3.8) is 0 Å².